The van der Waals surface area contributed by atoms with Gasteiger partial charge in [-0.25, -0.2) is 0 Å². The number of hydrogen-bond acceptors (Lipinski definition) is 4. The Morgan fingerprint density at radius 1 is 1.60 bits per heavy atom. The van der Waals surface area contributed by atoms with Gasteiger partial charge in [0, 0.05) is 19.3 Å². The van der Waals surface area contributed by atoms with Crippen LogP contribution in [-0.2, 0) is 4.74 Å². The molecule has 0 atom stereocenters. The lowest BCUT2D eigenvalue weighted by atomic mass is 10.1. The molecule has 1 amide bonds. The van der Waals surface area contributed by atoms with Gasteiger partial charge in [-0.05, 0) is 12.8 Å². The van der Waals surface area contributed by atoms with E-state index in [1.54, 1.807) is 0 Å². The van der Waals surface area contributed by atoms with Crippen LogP contribution in [0.25, 0.3) is 0 Å². The minimum Gasteiger partial charge on any atom is -0.383 e. The van der Waals surface area contributed by atoms with Crippen LogP contribution in [0, 0.1) is 0 Å². The molecule has 2 heterocycles. The smallest absolute Gasteiger partial charge is 0.256 e. The number of carbonyl (C=O) groups excluding carboxylic acids is 1. The lowest BCUT2D eigenvalue weighted by molar-refractivity contribution is 0.0697. The first-order valence-corrected chi connectivity index (χ1v) is 4.95. The van der Waals surface area contributed by atoms with Gasteiger partial charge in [-0.15, -0.1) is 0 Å². The van der Waals surface area contributed by atoms with Crippen molar-refractivity contribution in [1.29, 1.82) is 0 Å². The molecular weight excluding hydrogens is 196 g/mol. The summed E-state index contributed by atoms with van der Waals surface area (Å²) in [5.74, 6) is 0.132. The van der Waals surface area contributed by atoms with Crippen LogP contribution in [0.15, 0.2) is 6.20 Å². The van der Waals surface area contributed by atoms with E-state index in [1.807, 2.05) is 0 Å². The summed E-state index contributed by atoms with van der Waals surface area (Å²) in [6.07, 6.45) is 3.14. The van der Waals surface area contributed by atoms with Crippen molar-refractivity contribution in [2.24, 2.45) is 0 Å². The fourth-order valence-electron chi connectivity index (χ4n) is 1.58. The number of nitrogens with two attached hydrogens (primary N) is 1. The summed E-state index contributed by atoms with van der Waals surface area (Å²) in [6.45, 7) is 1.40. The number of hydrogen-bond donors (Lipinski definition) is 3. The summed E-state index contributed by atoms with van der Waals surface area (Å²) in [5.41, 5.74) is 5.95. The van der Waals surface area contributed by atoms with Gasteiger partial charge < -0.3 is 15.8 Å². The van der Waals surface area contributed by atoms with Gasteiger partial charge in [0.1, 0.15) is 11.4 Å². The molecule has 1 aliphatic rings. The van der Waals surface area contributed by atoms with Crippen molar-refractivity contribution >= 4 is 11.7 Å². The van der Waals surface area contributed by atoms with Crippen molar-refractivity contribution in [3.8, 4) is 0 Å². The molecule has 0 radical (unpaired) electrons. The predicted molar refractivity (Wildman–Crippen MR) is 54.3 cm³/mol. The largest absolute Gasteiger partial charge is 0.383 e. The Morgan fingerprint density at radius 3 is 2.93 bits per heavy atom. The zero-order valence-electron chi connectivity index (χ0n) is 8.32. The fraction of sp³-hybridized carbons (Fsp3) is 0.556. The Labute approximate surface area is 87.2 Å². The second-order valence-corrected chi connectivity index (χ2v) is 3.56. The summed E-state index contributed by atoms with van der Waals surface area (Å²) >= 11 is 0. The molecule has 1 saturated heterocycles. The highest BCUT2D eigenvalue weighted by Gasteiger charge is 2.18. The number of amides is 1. The van der Waals surface area contributed by atoms with Crippen LogP contribution in [0.1, 0.15) is 23.2 Å². The number of nitrogens with zero attached hydrogens (tertiary/aromatic N) is 1. The van der Waals surface area contributed by atoms with Crippen molar-refractivity contribution in [3.63, 3.8) is 0 Å². The Hall–Kier alpha value is -1.56. The van der Waals surface area contributed by atoms with Gasteiger partial charge in [0.2, 0.25) is 0 Å². The standard InChI is InChI=1S/C9H14N4O2/c10-8-7(5-11-13-8)9(14)12-6-1-3-15-4-2-6/h5-6H,1-4H2,(H,12,14)(H3,10,11,13). The SMILES string of the molecule is Nc1[nH]ncc1C(=O)NC1CCOCC1. The van der Waals surface area contributed by atoms with Crippen LogP contribution in [0.4, 0.5) is 5.82 Å². The molecular formula is C9H14N4O2. The van der Waals surface area contributed by atoms with E-state index in [1.165, 1.54) is 6.20 Å². The van der Waals surface area contributed by atoms with E-state index in [9.17, 15) is 4.79 Å². The number of rotatable bonds is 2. The van der Waals surface area contributed by atoms with E-state index < -0.39 is 0 Å². The molecule has 0 aromatic carbocycles. The first-order chi connectivity index (χ1) is 7.27. The van der Waals surface area contributed by atoms with Gasteiger partial charge in [0.05, 0.1) is 6.20 Å². The molecule has 1 aromatic heterocycles. The molecule has 0 unspecified atom stereocenters. The summed E-state index contributed by atoms with van der Waals surface area (Å²) in [6, 6.07) is 0.181. The van der Waals surface area contributed by atoms with Crippen LogP contribution >= 0.6 is 0 Å². The van der Waals surface area contributed by atoms with Gasteiger partial charge in [-0.2, -0.15) is 5.10 Å². The average molecular weight is 210 g/mol. The van der Waals surface area contributed by atoms with Crippen molar-refractivity contribution in [1.82, 2.24) is 15.5 Å². The molecule has 0 bridgehead atoms. The van der Waals surface area contributed by atoms with Gasteiger partial charge >= 0.3 is 0 Å². The molecule has 1 fully saturated rings. The Morgan fingerprint density at radius 2 is 2.33 bits per heavy atom. The summed E-state index contributed by atoms with van der Waals surface area (Å²) in [7, 11) is 0. The fourth-order valence-corrected chi connectivity index (χ4v) is 1.58. The molecule has 0 aliphatic carbocycles. The average Bonchev–Trinajstić information content (AvgIpc) is 2.66. The topological polar surface area (TPSA) is 93.0 Å². The molecule has 1 aromatic rings. The molecule has 0 saturated carbocycles. The monoisotopic (exact) mass is 210 g/mol. The number of nitrogen functional groups attached to an aromatic ring is 1. The Balaban J connectivity index is 1.94. The highest BCUT2D eigenvalue weighted by Crippen LogP contribution is 2.10. The molecule has 2 rings (SSSR count). The molecule has 6 heteroatoms. The van der Waals surface area contributed by atoms with Gasteiger partial charge in [0.25, 0.3) is 5.91 Å². The van der Waals surface area contributed by atoms with Crippen molar-refractivity contribution in [3.05, 3.63) is 11.8 Å². The second kappa shape index (κ2) is 4.31. The number of aromatic nitrogens is 2. The highest BCUT2D eigenvalue weighted by molar-refractivity contribution is 5.98. The lowest BCUT2D eigenvalue weighted by Crippen LogP contribution is -2.39. The van der Waals surface area contributed by atoms with Crippen LogP contribution in [0.3, 0.4) is 0 Å². The molecule has 1 aliphatic heterocycles. The predicted octanol–water partition coefficient (Wildman–Crippen LogP) is -0.0993. The minimum atomic E-state index is -0.173. The number of nitrogens with one attached hydrogen (secondary N) is 2. The molecule has 4 N–H and O–H groups in total. The molecule has 0 spiro atoms. The van der Waals surface area contributed by atoms with E-state index in [-0.39, 0.29) is 11.9 Å². The molecule has 15 heavy (non-hydrogen) atoms. The summed E-state index contributed by atoms with van der Waals surface area (Å²) in [5, 5.41) is 9.13. The third-order valence-electron chi connectivity index (χ3n) is 2.47. The van der Waals surface area contributed by atoms with Crippen molar-refractivity contribution in [2.45, 2.75) is 18.9 Å². The van der Waals surface area contributed by atoms with E-state index in [4.69, 9.17) is 10.5 Å². The van der Waals surface area contributed by atoms with Crippen LogP contribution in [-0.4, -0.2) is 35.4 Å². The van der Waals surface area contributed by atoms with Crippen LogP contribution in [0.2, 0.25) is 0 Å². The summed E-state index contributed by atoms with van der Waals surface area (Å²) in [4.78, 5) is 11.7. The van der Waals surface area contributed by atoms with E-state index >= 15 is 0 Å². The van der Waals surface area contributed by atoms with E-state index in [0.717, 1.165) is 12.8 Å². The molecule has 82 valence electrons. The first kappa shape index (κ1) is 9.97. The summed E-state index contributed by atoms with van der Waals surface area (Å²) < 4.78 is 5.20. The van der Waals surface area contributed by atoms with Gasteiger partial charge in [-0.3, -0.25) is 9.89 Å². The third-order valence-corrected chi connectivity index (χ3v) is 2.47. The lowest BCUT2D eigenvalue weighted by Gasteiger charge is -2.22. The number of H-pyrrole nitrogens is 1. The Bertz CT molecular complexity index is 344. The van der Waals surface area contributed by atoms with Gasteiger partial charge in [0.15, 0.2) is 0 Å². The second-order valence-electron chi connectivity index (χ2n) is 3.56. The van der Waals surface area contributed by atoms with Gasteiger partial charge in [-0.1, -0.05) is 0 Å². The first-order valence-electron chi connectivity index (χ1n) is 4.95. The number of carbonyl (C=O) groups is 1. The number of ether oxygens (including phenoxy) is 1. The highest BCUT2D eigenvalue weighted by atomic mass is 16.5. The maximum Gasteiger partial charge on any atom is 0.256 e. The zero-order chi connectivity index (χ0) is 10.7. The number of anilines is 1. The van der Waals surface area contributed by atoms with Crippen LogP contribution < -0.4 is 11.1 Å². The van der Waals surface area contributed by atoms with E-state index in [2.05, 4.69) is 15.5 Å². The maximum atomic E-state index is 11.7. The number of aromatic amines is 1. The van der Waals surface area contributed by atoms with Crippen LogP contribution in [0.5, 0.6) is 0 Å². The zero-order valence-corrected chi connectivity index (χ0v) is 8.32. The minimum absolute atomic E-state index is 0.173. The quantitative estimate of drug-likeness (QED) is 0.635. The van der Waals surface area contributed by atoms with Crippen molar-refractivity contribution in [2.75, 3.05) is 18.9 Å². The van der Waals surface area contributed by atoms with E-state index in [0.29, 0.717) is 24.6 Å². The normalized spacial score (nSPS) is 17.6. The Kier molecular flexibility index (Phi) is 2.86. The molecule has 6 nitrogen and oxygen atoms in total. The maximum absolute atomic E-state index is 11.7. The van der Waals surface area contributed by atoms with Crippen molar-refractivity contribution < 1.29 is 9.53 Å². The third kappa shape index (κ3) is 2.27.